The number of aryl methyl sites for hydroxylation is 1. The molecule has 0 aliphatic carbocycles. The third-order valence-corrected chi connectivity index (χ3v) is 4.40. The molecule has 6 heteroatoms. The highest BCUT2D eigenvalue weighted by Crippen LogP contribution is 2.20. The minimum absolute atomic E-state index is 0.436. The van der Waals surface area contributed by atoms with Gasteiger partial charge >= 0.3 is 0 Å². The largest absolute Gasteiger partial charge is 0.339 e. The molecule has 24 heavy (non-hydrogen) atoms. The van der Waals surface area contributed by atoms with Gasteiger partial charge in [-0.2, -0.15) is 10.1 Å². The second-order valence-corrected chi connectivity index (χ2v) is 6.44. The monoisotopic (exact) mass is 322 g/mol. The maximum absolute atomic E-state index is 4.81. The molecule has 3 aromatic rings. The minimum Gasteiger partial charge on any atom is -0.339 e. The van der Waals surface area contributed by atoms with Gasteiger partial charge in [0.1, 0.15) is 0 Å². The minimum atomic E-state index is 0.436. The molecule has 124 valence electrons. The Morgan fingerprint density at radius 2 is 2.08 bits per heavy atom. The Labute approximate surface area is 141 Å². The van der Waals surface area contributed by atoms with Crippen molar-refractivity contribution < 1.29 is 0 Å². The smallest absolute Gasteiger partial charge is 0.227 e. The maximum atomic E-state index is 4.81. The van der Waals surface area contributed by atoms with Gasteiger partial charge in [0.05, 0.1) is 11.7 Å². The molecular weight excluding hydrogens is 300 g/mol. The lowest BCUT2D eigenvalue weighted by Crippen LogP contribution is -2.36. The van der Waals surface area contributed by atoms with Crippen molar-refractivity contribution in [2.45, 2.75) is 26.3 Å². The van der Waals surface area contributed by atoms with E-state index in [0.717, 1.165) is 54.4 Å². The van der Waals surface area contributed by atoms with Crippen molar-refractivity contribution in [2.24, 2.45) is 0 Å². The molecule has 1 unspecified atom stereocenters. The number of benzene rings is 1. The summed E-state index contributed by atoms with van der Waals surface area (Å²) in [5, 5.41) is 9.15. The fourth-order valence-corrected chi connectivity index (χ4v) is 3.23. The lowest BCUT2D eigenvalue weighted by molar-refractivity contribution is 0.582. The highest BCUT2D eigenvalue weighted by Gasteiger charge is 2.18. The number of hydrogen-bond donors (Lipinski definition) is 1. The first-order valence-corrected chi connectivity index (χ1v) is 8.48. The Bertz CT molecular complexity index is 856. The first-order valence-electron chi connectivity index (χ1n) is 8.48. The summed E-state index contributed by atoms with van der Waals surface area (Å²) in [6.45, 7) is 7.15. The molecule has 0 saturated carbocycles. The molecule has 1 saturated heterocycles. The van der Waals surface area contributed by atoms with Gasteiger partial charge in [-0.1, -0.05) is 18.2 Å². The van der Waals surface area contributed by atoms with Gasteiger partial charge in [0.25, 0.3) is 0 Å². The second-order valence-electron chi connectivity index (χ2n) is 6.44. The van der Waals surface area contributed by atoms with E-state index in [9.17, 15) is 0 Å². The summed E-state index contributed by atoms with van der Waals surface area (Å²) in [4.78, 5) is 11.8. The van der Waals surface area contributed by atoms with E-state index in [1.165, 1.54) is 0 Å². The van der Waals surface area contributed by atoms with Gasteiger partial charge in [-0.15, -0.1) is 0 Å². The van der Waals surface area contributed by atoms with Gasteiger partial charge < -0.3 is 10.2 Å². The zero-order valence-electron chi connectivity index (χ0n) is 14.1. The Balaban J connectivity index is 1.76. The van der Waals surface area contributed by atoms with Crippen LogP contribution >= 0.6 is 0 Å². The molecule has 1 aromatic carbocycles. The highest BCUT2D eigenvalue weighted by atomic mass is 15.3. The lowest BCUT2D eigenvalue weighted by Gasteiger charge is -2.23. The van der Waals surface area contributed by atoms with Crippen molar-refractivity contribution in [3.8, 4) is 5.82 Å². The normalized spacial score (nSPS) is 18.8. The van der Waals surface area contributed by atoms with Crippen LogP contribution in [-0.4, -0.2) is 45.4 Å². The molecule has 0 radical (unpaired) electrons. The summed E-state index contributed by atoms with van der Waals surface area (Å²) in [5.41, 5.74) is 2.02. The van der Waals surface area contributed by atoms with Crippen molar-refractivity contribution in [1.82, 2.24) is 25.1 Å². The van der Waals surface area contributed by atoms with Crippen molar-refractivity contribution in [3.63, 3.8) is 0 Å². The molecule has 2 aromatic heterocycles. The molecule has 6 nitrogen and oxygen atoms in total. The van der Waals surface area contributed by atoms with E-state index in [2.05, 4.69) is 39.4 Å². The van der Waals surface area contributed by atoms with Crippen molar-refractivity contribution >= 4 is 16.9 Å². The van der Waals surface area contributed by atoms with Crippen molar-refractivity contribution in [1.29, 1.82) is 0 Å². The molecule has 3 heterocycles. The second kappa shape index (κ2) is 6.20. The third-order valence-electron chi connectivity index (χ3n) is 4.40. The fraction of sp³-hybridized carbons (Fsp3) is 0.389. The topological polar surface area (TPSA) is 58.9 Å². The van der Waals surface area contributed by atoms with Crippen LogP contribution in [0.25, 0.3) is 16.7 Å². The average Bonchev–Trinajstić information content (AvgIpc) is 2.89. The molecule has 0 bridgehead atoms. The van der Waals surface area contributed by atoms with Crippen LogP contribution in [0.15, 0.2) is 36.5 Å². The zero-order chi connectivity index (χ0) is 16.5. The van der Waals surface area contributed by atoms with E-state index in [1.54, 1.807) is 0 Å². The number of anilines is 1. The number of nitrogens with one attached hydrogen (secondary N) is 1. The van der Waals surface area contributed by atoms with Gasteiger partial charge in [0, 0.05) is 36.3 Å². The molecule has 4 rings (SSSR count). The number of nitrogens with zero attached hydrogens (tertiary/aromatic N) is 5. The van der Waals surface area contributed by atoms with Crippen LogP contribution in [0.5, 0.6) is 0 Å². The summed E-state index contributed by atoms with van der Waals surface area (Å²) < 4.78 is 1.90. The standard InChI is InChI=1S/C18H22N6/c1-13-10-17(24-16-7-4-3-6-15(16)11-20-24)22-18(21-13)23-9-5-8-19-14(2)12-23/h3-4,6-7,10-11,14,19H,5,8-9,12H2,1-2H3. The van der Waals surface area contributed by atoms with Gasteiger partial charge in [-0.25, -0.2) is 9.67 Å². The van der Waals surface area contributed by atoms with Crippen LogP contribution < -0.4 is 10.2 Å². The molecule has 0 amide bonds. The average molecular weight is 322 g/mol. The van der Waals surface area contributed by atoms with E-state index in [-0.39, 0.29) is 0 Å². The third kappa shape index (κ3) is 2.85. The van der Waals surface area contributed by atoms with E-state index < -0.39 is 0 Å². The van der Waals surface area contributed by atoms with Gasteiger partial charge in [0.2, 0.25) is 5.95 Å². The van der Waals surface area contributed by atoms with E-state index >= 15 is 0 Å². The van der Waals surface area contributed by atoms with Crippen LogP contribution in [0.4, 0.5) is 5.95 Å². The summed E-state index contributed by atoms with van der Waals surface area (Å²) in [6, 6.07) is 10.6. The van der Waals surface area contributed by atoms with Crippen molar-refractivity contribution in [2.75, 3.05) is 24.5 Å². The van der Waals surface area contributed by atoms with Crippen LogP contribution in [0.3, 0.4) is 0 Å². The molecule has 1 aliphatic rings. The molecule has 1 fully saturated rings. The molecule has 1 N–H and O–H groups in total. The van der Waals surface area contributed by atoms with Crippen LogP contribution in [0.1, 0.15) is 19.0 Å². The Morgan fingerprint density at radius 1 is 1.21 bits per heavy atom. The zero-order valence-corrected chi connectivity index (χ0v) is 14.1. The summed E-state index contributed by atoms with van der Waals surface area (Å²) >= 11 is 0. The van der Waals surface area contributed by atoms with Crippen LogP contribution in [0, 0.1) is 6.92 Å². The number of para-hydroxylation sites is 1. The molecule has 0 spiro atoms. The van der Waals surface area contributed by atoms with E-state index in [1.807, 2.05) is 36.0 Å². The van der Waals surface area contributed by atoms with Crippen molar-refractivity contribution in [3.05, 3.63) is 42.2 Å². The number of hydrogen-bond acceptors (Lipinski definition) is 5. The Kier molecular flexibility index (Phi) is 3.90. The first-order chi connectivity index (χ1) is 11.7. The summed E-state index contributed by atoms with van der Waals surface area (Å²) in [7, 11) is 0. The van der Waals surface area contributed by atoms with Crippen LogP contribution in [0.2, 0.25) is 0 Å². The SMILES string of the molecule is Cc1cc(-n2ncc3ccccc32)nc(N2CCCNC(C)C2)n1. The predicted octanol–water partition coefficient (Wildman–Crippen LogP) is 2.31. The van der Waals surface area contributed by atoms with Gasteiger partial charge in [-0.05, 0) is 32.9 Å². The maximum Gasteiger partial charge on any atom is 0.227 e. The molecule has 1 atom stereocenters. The number of aromatic nitrogens is 4. The highest BCUT2D eigenvalue weighted by molar-refractivity contribution is 5.79. The molecule has 1 aliphatic heterocycles. The Hall–Kier alpha value is -2.47. The van der Waals surface area contributed by atoms with E-state index in [4.69, 9.17) is 4.98 Å². The van der Waals surface area contributed by atoms with Crippen LogP contribution in [-0.2, 0) is 0 Å². The number of fused-ring (bicyclic) bond motifs is 1. The first kappa shape index (κ1) is 15.1. The van der Waals surface area contributed by atoms with Gasteiger partial charge in [-0.3, -0.25) is 0 Å². The fourth-order valence-electron chi connectivity index (χ4n) is 3.23. The number of rotatable bonds is 2. The Morgan fingerprint density at radius 3 is 3.00 bits per heavy atom. The quantitative estimate of drug-likeness (QED) is 0.784. The predicted molar refractivity (Wildman–Crippen MR) is 95.7 cm³/mol. The van der Waals surface area contributed by atoms with E-state index in [0.29, 0.717) is 6.04 Å². The lowest BCUT2D eigenvalue weighted by atomic mass is 10.2. The molecular formula is C18H22N6. The summed E-state index contributed by atoms with van der Waals surface area (Å²) in [6.07, 6.45) is 2.98. The summed E-state index contributed by atoms with van der Waals surface area (Å²) in [5.74, 6) is 1.61. The van der Waals surface area contributed by atoms with Gasteiger partial charge in [0.15, 0.2) is 5.82 Å².